The van der Waals surface area contributed by atoms with E-state index in [1.165, 1.54) is 0 Å². The van der Waals surface area contributed by atoms with Crippen LogP contribution in [0, 0.1) is 0 Å². The number of carbonyl (C=O) groups excluding carboxylic acids is 1. The van der Waals surface area contributed by atoms with Gasteiger partial charge in [-0.3, -0.25) is 4.79 Å². The van der Waals surface area contributed by atoms with Crippen LogP contribution in [0.4, 0.5) is 0 Å². The van der Waals surface area contributed by atoms with Crippen LogP contribution in [0.2, 0.25) is 0 Å². The Morgan fingerprint density at radius 3 is 2.60 bits per heavy atom. The third-order valence-corrected chi connectivity index (χ3v) is 4.68. The molecule has 25 heavy (non-hydrogen) atoms. The molecule has 0 radical (unpaired) electrons. The highest BCUT2D eigenvalue weighted by atomic mass is 79.9. The summed E-state index contributed by atoms with van der Waals surface area (Å²) in [5.41, 5.74) is 3.02. The van der Waals surface area contributed by atoms with Crippen molar-refractivity contribution in [1.82, 2.24) is 10.3 Å². The van der Waals surface area contributed by atoms with E-state index in [1.807, 2.05) is 61.5 Å². The van der Waals surface area contributed by atoms with Crippen molar-refractivity contribution in [3.8, 4) is 11.3 Å². The molecule has 3 rings (SSSR count). The van der Waals surface area contributed by atoms with Gasteiger partial charge in [-0.1, -0.05) is 53.2 Å². The lowest BCUT2D eigenvalue weighted by Crippen LogP contribution is -2.37. The number of fused-ring (bicyclic) bond motifs is 1. The highest BCUT2D eigenvalue weighted by Gasteiger charge is 2.16. The van der Waals surface area contributed by atoms with E-state index < -0.39 is 0 Å². The maximum absolute atomic E-state index is 12.8. The molecular formula is C20H19BrN2O2. The third-order valence-electron chi connectivity index (χ3n) is 4.15. The first-order valence-corrected chi connectivity index (χ1v) is 8.99. The van der Waals surface area contributed by atoms with Crippen LogP contribution in [0.15, 0.2) is 59.1 Å². The summed E-state index contributed by atoms with van der Waals surface area (Å²) >= 11 is 3.43. The van der Waals surface area contributed by atoms with Crippen LogP contribution < -0.4 is 5.32 Å². The van der Waals surface area contributed by atoms with E-state index in [9.17, 15) is 9.90 Å². The molecule has 0 spiro atoms. The molecule has 5 heteroatoms. The molecule has 0 aliphatic rings. The summed E-state index contributed by atoms with van der Waals surface area (Å²) in [6, 6.07) is 17.0. The quantitative estimate of drug-likeness (QED) is 0.677. The van der Waals surface area contributed by atoms with E-state index in [2.05, 4.69) is 21.2 Å². The van der Waals surface area contributed by atoms with Gasteiger partial charge in [0.05, 0.1) is 29.4 Å². The van der Waals surface area contributed by atoms with Crippen LogP contribution in [0.5, 0.6) is 0 Å². The van der Waals surface area contributed by atoms with Crippen molar-refractivity contribution in [3.05, 3.63) is 64.6 Å². The van der Waals surface area contributed by atoms with Gasteiger partial charge in [-0.25, -0.2) is 4.98 Å². The first-order chi connectivity index (χ1) is 12.1. The molecule has 0 bridgehead atoms. The van der Waals surface area contributed by atoms with Crippen LogP contribution >= 0.6 is 15.9 Å². The van der Waals surface area contributed by atoms with Gasteiger partial charge in [0.25, 0.3) is 5.91 Å². The molecule has 0 saturated carbocycles. The molecule has 1 heterocycles. The summed E-state index contributed by atoms with van der Waals surface area (Å²) in [6.45, 7) is 1.85. The molecule has 3 aromatic rings. The van der Waals surface area contributed by atoms with Crippen LogP contribution in [0.25, 0.3) is 22.2 Å². The lowest BCUT2D eigenvalue weighted by atomic mass is 10.0. The number of aromatic nitrogens is 1. The highest BCUT2D eigenvalue weighted by molar-refractivity contribution is 9.10. The van der Waals surface area contributed by atoms with Gasteiger partial charge < -0.3 is 10.4 Å². The molecule has 1 aromatic heterocycles. The fourth-order valence-electron chi connectivity index (χ4n) is 2.67. The molecule has 0 aliphatic carbocycles. The number of carbonyl (C=O) groups is 1. The number of aliphatic hydroxyl groups is 1. The van der Waals surface area contributed by atoms with Gasteiger partial charge in [-0.05, 0) is 30.7 Å². The maximum atomic E-state index is 12.8. The van der Waals surface area contributed by atoms with Gasteiger partial charge >= 0.3 is 0 Å². The summed E-state index contributed by atoms with van der Waals surface area (Å²) in [5, 5.41) is 13.1. The minimum atomic E-state index is -0.254. The Hall–Kier alpha value is -2.24. The van der Waals surface area contributed by atoms with Crippen LogP contribution in [0.3, 0.4) is 0 Å². The minimum absolute atomic E-state index is 0.0785. The Labute approximate surface area is 155 Å². The average molecular weight is 399 g/mol. The number of nitrogens with zero attached hydrogens (tertiary/aromatic N) is 1. The van der Waals surface area contributed by atoms with Crippen molar-refractivity contribution in [3.63, 3.8) is 0 Å². The predicted octanol–water partition coefficient (Wildman–Crippen LogP) is 4.17. The lowest BCUT2D eigenvalue weighted by molar-refractivity contribution is 0.0916. The van der Waals surface area contributed by atoms with Crippen LogP contribution in [-0.4, -0.2) is 28.6 Å². The van der Waals surface area contributed by atoms with E-state index in [1.54, 1.807) is 0 Å². The van der Waals surface area contributed by atoms with E-state index >= 15 is 0 Å². The topological polar surface area (TPSA) is 62.2 Å². The SMILES string of the molecule is CCC(CO)NC(=O)c1cc(-c2ccc(Br)cc2)nc2ccccc12. The Morgan fingerprint density at radius 2 is 1.92 bits per heavy atom. The fraction of sp³-hybridized carbons (Fsp3) is 0.200. The van der Waals surface area contributed by atoms with Crippen molar-refractivity contribution in [1.29, 1.82) is 0 Å². The van der Waals surface area contributed by atoms with Crippen molar-refractivity contribution >= 4 is 32.7 Å². The number of benzene rings is 2. The number of hydrogen-bond acceptors (Lipinski definition) is 3. The number of amides is 1. The molecule has 0 fully saturated rings. The number of hydrogen-bond donors (Lipinski definition) is 2. The molecule has 2 N–H and O–H groups in total. The molecular weight excluding hydrogens is 380 g/mol. The Bertz CT molecular complexity index is 890. The van der Waals surface area contributed by atoms with Gasteiger partial charge in [0, 0.05) is 15.4 Å². The molecule has 4 nitrogen and oxygen atoms in total. The van der Waals surface area contributed by atoms with Gasteiger partial charge in [0.2, 0.25) is 0 Å². The predicted molar refractivity (Wildman–Crippen MR) is 104 cm³/mol. The second kappa shape index (κ2) is 7.76. The molecule has 128 valence electrons. The summed E-state index contributed by atoms with van der Waals surface area (Å²) in [6.07, 6.45) is 0.671. The van der Waals surface area contributed by atoms with Crippen molar-refractivity contribution in [2.24, 2.45) is 0 Å². The van der Waals surface area contributed by atoms with E-state index in [0.29, 0.717) is 12.0 Å². The third kappa shape index (κ3) is 3.89. The van der Waals surface area contributed by atoms with Crippen LogP contribution in [0.1, 0.15) is 23.7 Å². The standard InChI is InChI=1S/C20H19BrN2O2/c1-2-15(12-24)22-20(25)17-11-19(13-7-9-14(21)10-8-13)23-18-6-4-3-5-16(17)18/h3-11,15,24H,2,12H2,1H3,(H,22,25). The molecule has 1 amide bonds. The minimum Gasteiger partial charge on any atom is -0.394 e. The van der Waals surface area contributed by atoms with Gasteiger partial charge in [-0.15, -0.1) is 0 Å². The Morgan fingerprint density at radius 1 is 1.20 bits per heavy atom. The van der Waals surface area contributed by atoms with Crippen molar-refractivity contribution < 1.29 is 9.90 Å². The second-order valence-electron chi connectivity index (χ2n) is 5.84. The fourth-order valence-corrected chi connectivity index (χ4v) is 2.94. The van der Waals surface area contributed by atoms with Crippen LogP contribution in [-0.2, 0) is 0 Å². The monoisotopic (exact) mass is 398 g/mol. The van der Waals surface area contributed by atoms with E-state index in [4.69, 9.17) is 4.98 Å². The summed E-state index contributed by atoms with van der Waals surface area (Å²) in [4.78, 5) is 17.5. The van der Waals surface area contributed by atoms with Crippen molar-refractivity contribution in [2.45, 2.75) is 19.4 Å². The smallest absolute Gasteiger partial charge is 0.252 e. The second-order valence-corrected chi connectivity index (χ2v) is 6.76. The van der Waals surface area contributed by atoms with Gasteiger partial charge in [-0.2, -0.15) is 0 Å². The number of halogens is 1. The van der Waals surface area contributed by atoms with Crippen molar-refractivity contribution in [2.75, 3.05) is 6.61 Å². The number of para-hydroxylation sites is 1. The summed E-state index contributed by atoms with van der Waals surface area (Å²) < 4.78 is 0.990. The summed E-state index contributed by atoms with van der Waals surface area (Å²) in [7, 11) is 0. The number of nitrogens with one attached hydrogen (secondary N) is 1. The molecule has 0 aliphatic heterocycles. The zero-order valence-electron chi connectivity index (χ0n) is 13.9. The lowest BCUT2D eigenvalue weighted by Gasteiger charge is -2.16. The molecule has 1 atom stereocenters. The normalized spacial score (nSPS) is 12.1. The first kappa shape index (κ1) is 17.6. The zero-order chi connectivity index (χ0) is 17.8. The average Bonchev–Trinajstić information content (AvgIpc) is 2.65. The summed E-state index contributed by atoms with van der Waals surface area (Å²) in [5.74, 6) is -0.196. The number of rotatable bonds is 5. The highest BCUT2D eigenvalue weighted by Crippen LogP contribution is 2.26. The zero-order valence-corrected chi connectivity index (χ0v) is 15.5. The molecule has 0 saturated heterocycles. The number of pyridine rings is 1. The Balaban J connectivity index is 2.09. The molecule has 1 unspecified atom stereocenters. The molecule has 2 aromatic carbocycles. The largest absolute Gasteiger partial charge is 0.394 e. The van der Waals surface area contributed by atoms with Gasteiger partial charge in [0.1, 0.15) is 0 Å². The van der Waals surface area contributed by atoms with E-state index in [-0.39, 0.29) is 18.6 Å². The van der Waals surface area contributed by atoms with Gasteiger partial charge in [0.15, 0.2) is 0 Å². The first-order valence-electron chi connectivity index (χ1n) is 8.19. The van der Waals surface area contributed by atoms with E-state index in [0.717, 1.165) is 26.6 Å². The maximum Gasteiger partial charge on any atom is 0.252 e. The number of aliphatic hydroxyl groups excluding tert-OH is 1. The Kier molecular flexibility index (Phi) is 5.46.